The van der Waals surface area contributed by atoms with E-state index in [4.69, 9.17) is 5.11 Å². The van der Waals surface area contributed by atoms with Gasteiger partial charge in [0, 0.05) is 5.56 Å². The van der Waals surface area contributed by atoms with Gasteiger partial charge in [-0.15, -0.1) is 6.58 Å². The molecule has 96 valence electrons. The molecule has 4 nitrogen and oxygen atoms in total. The number of aliphatic carboxylic acids is 1. The van der Waals surface area contributed by atoms with Gasteiger partial charge in [-0.1, -0.05) is 23.8 Å². The summed E-state index contributed by atoms with van der Waals surface area (Å²) < 4.78 is 0. The Labute approximate surface area is 106 Å². The molecule has 0 aliphatic carbocycles. The number of aryl methyl sites for hydroxylation is 2. The number of amides is 1. The van der Waals surface area contributed by atoms with E-state index in [1.165, 1.54) is 6.08 Å². The van der Waals surface area contributed by atoms with E-state index >= 15 is 0 Å². The molecule has 2 N–H and O–H groups in total. The predicted octanol–water partition coefficient (Wildman–Crippen LogP) is 2.06. The van der Waals surface area contributed by atoms with Crippen molar-refractivity contribution in [3.05, 3.63) is 47.5 Å². The number of nitrogens with one attached hydrogen (secondary N) is 1. The van der Waals surface area contributed by atoms with E-state index in [-0.39, 0.29) is 12.3 Å². The third-order valence-electron chi connectivity index (χ3n) is 2.63. The van der Waals surface area contributed by atoms with E-state index in [1.807, 2.05) is 26.0 Å². The minimum Gasteiger partial charge on any atom is -0.480 e. The minimum atomic E-state index is -1.06. The van der Waals surface area contributed by atoms with Crippen LogP contribution in [0.5, 0.6) is 0 Å². The molecule has 0 aliphatic heterocycles. The zero-order chi connectivity index (χ0) is 13.7. The topological polar surface area (TPSA) is 66.4 Å². The van der Waals surface area contributed by atoms with Crippen molar-refractivity contribution in [3.63, 3.8) is 0 Å². The maximum atomic E-state index is 12.0. The molecule has 0 heterocycles. The van der Waals surface area contributed by atoms with Gasteiger partial charge in [0.2, 0.25) is 0 Å². The van der Waals surface area contributed by atoms with Crippen LogP contribution in [0.3, 0.4) is 0 Å². The Bertz CT molecular complexity index is 480. The molecular formula is C14H17NO3. The third-order valence-corrected chi connectivity index (χ3v) is 2.63. The third kappa shape index (κ3) is 3.45. The van der Waals surface area contributed by atoms with Crippen LogP contribution in [0.4, 0.5) is 0 Å². The number of carbonyl (C=O) groups is 2. The van der Waals surface area contributed by atoms with E-state index in [1.54, 1.807) is 6.07 Å². The number of carboxylic acid groups (broad SMARTS) is 1. The standard InChI is InChI=1S/C14H17NO3/c1-4-5-12(14(17)18)15-13(16)11-7-6-9(2)8-10(11)3/h4,6-8,12H,1,5H2,2-3H3,(H,15,16)(H,17,18). The lowest BCUT2D eigenvalue weighted by molar-refractivity contribution is -0.139. The smallest absolute Gasteiger partial charge is 0.326 e. The van der Waals surface area contributed by atoms with Gasteiger partial charge in [0.1, 0.15) is 6.04 Å². The van der Waals surface area contributed by atoms with Gasteiger partial charge in [-0.3, -0.25) is 4.79 Å². The van der Waals surface area contributed by atoms with Gasteiger partial charge in [0.25, 0.3) is 5.91 Å². The van der Waals surface area contributed by atoms with Crippen molar-refractivity contribution in [2.45, 2.75) is 26.3 Å². The molecule has 0 radical (unpaired) electrons. The lowest BCUT2D eigenvalue weighted by Gasteiger charge is -2.14. The van der Waals surface area contributed by atoms with Gasteiger partial charge >= 0.3 is 5.97 Å². The number of hydrogen-bond donors (Lipinski definition) is 2. The highest BCUT2D eigenvalue weighted by atomic mass is 16.4. The van der Waals surface area contributed by atoms with Gasteiger partial charge in [-0.25, -0.2) is 4.79 Å². The first-order valence-corrected chi connectivity index (χ1v) is 5.67. The number of carbonyl (C=O) groups excluding carboxylic acids is 1. The molecule has 0 fully saturated rings. The van der Waals surface area contributed by atoms with Crippen LogP contribution in [0.1, 0.15) is 27.9 Å². The molecule has 1 amide bonds. The minimum absolute atomic E-state index is 0.200. The van der Waals surface area contributed by atoms with Crippen LogP contribution in [0.2, 0.25) is 0 Å². The second-order valence-electron chi connectivity index (χ2n) is 4.21. The molecule has 0 aromatic heterocycles. The van der Waals surface area contributed by atoms with E-state index in [0.29, 0.717) is 5.56 Å². The van der Waals surface area contributed by atoms with E-state index < -0.39 is 12.0 Å². The maximum absolute atomic E-state index is 12.0. The van der Waals surface area contributed by atoms with Crippen LogP contribution >= 0.6 is 0 Å². The first-order chi connectivity index (χ1) is 8.45. The van der Waals surface area contributed by atoms with Crippen molar-refractivity contribution < 1.29 is 14.7 Å². The monoisotopic (exact) mass is 247 g/mol. The Morgan fingerprint density at radius 2 is 2.11 bits per heavy atom. The summed E-state index contributed by atoms with van der Waals surface area (Å²) in [7, 11) is 0. The molecule has 0 saturated heterocycles. The quantitative estimate of drug-likeness (QED) is 0.783. The molecule has 0 bridgehead atoms. The number of benzene rings is 1. The zero-order valence-corrected chi connectivity index (χ0v) is 10.6. The lowest BCUT2D eigenvalue weighted by Crippen LogP contribution is -2.40. The van der Waals surface area contributed by atoms with E-state index in [2.05, 4.69) is 11.9 Å². The van der Waals surface area contributed by atoms with Crippen molar-refractivity contribution in [2.24, 2.45) is 0 Å². The molecule has 18 heavy (non-hydrogen) atoms. The fourth-order valence-corrected chi connectivity index (χ4v) is 1.69. The molecule has 1 aromatic rings. The molecule has 1 aromatic carbocycles. The highest BCUT2D eigenvalue weighted by Gasteiger charge is 2.19. The van der Waals surface area contributed by atoms with Crippen LogP contribution < -0.4 is 5.32 Å². The molecule has 0 saturated carbocycles. The Balaban J connectivity index is 2.86. The molecular weight excluding hydrogens is 230 g/mol. The van der Waals surface area contributed by atoms with Crippen molar-refractivity contribution in [1.82, 2.24) is 5.32 Å². The zero-order valence-electron chi connectivity index (χ0n) is 10.6. The summed E-state index contributed by atoms with van der Waals surface area (Å²) in [5.74, 6) is -1.44. The van der Waals surface area contributed by atoms with Crippen molar-refractivity contribution in [2.75, 3.05) is 0 Å². The highest BCUT2D eigenvalue weighted by molar-refractivity contribution is 5.97. The number of rotatable bonds is 5. The first-order valence-electron chi connectivity index (χ1n) is 5.67. The van der Waals surface area contributed by atoms with Gasteiger partial charge in [0.05, 0.1) is 0 Å². The van der Waals surface area contributed by atoms with Crippen molar-refractivity contribution in [3.8, 4) is 0 Å². The summed E-state index contributed by atoms with van der Waals surface area (Å²) in [5, 5.41) is 11.4. The molecule has 0 aliphatic rings. The van der Waals surface area contributed by atoms with Gasteiger partial charge in [0.15, 0.2) is 0 Å². The Kier molecular flexibility index (Phi) is 4.66. The van der Waals surface area contributed by atoms with Gasteiger partial charge in [-0.05, 0) is 31.9 Å². The maximum Gasteiger partial charge on any atom is 0.326 e. The summed E-state index contributed by atoms with van der Waals surface area (Å²) in [6.07, 6.45) is 1.67. The molecule has 1 unspecified atom stereocenters. The molecule has 1 rings (SSSR count). The summed E-state index contributed by atoms with van der Waals surface area (Å²) in [5.41, 5.74) is 2.39. The van der Waals surface area contributed by atoms with Gasteiger partial charge < -0.3 is 10.4 Å². The Hall–Kier alpha value is -2.10. The number of carboxylic acids is 1. The second-order valence-corrected chi connectivity index (χ2v) is 4.21. The fraction of sp³-hybridized carbons (Fsp3) is 0.286. The van der Waals surface area contributed by atoms with Crippen molar-refractivity contribution >= 4 is 11.9 Å². The fourth-order valence-electron chi connectivity index (χ4n) is 1.69. The molecule has 4 heteroatoms. The first kappa shape index (κ1) is 14.0. The largest absolute Gasteiger partial charge is 0.480 e. The summed E-state index contributed by atoms with van der Waals surface area (Å²) in [6, 6.07) is 4.48. The van der Waals surface area contributed by atoms with Crippen LogP contribution in [0.15, 0.2) is 30.9 Å². The summed E-state index contributed by atoms with van der Waals surface area (Å²) in [6.45, 7) is 7.24. The second kappa shape index (κ2) is 6.00. The molecule has 1 atom stereocenters. The Morgan fingerprint density at radius 3 is 2.61 bits per heavy atom. The average molecular weight is 247 g/mol. The average Bonchev–Trinajstić information content (AvgIpc) is 2.27. The van der Waals surface area contributed by atoms with E-state index in [0.717, 1.165) is 11.1 Å². The van der Waals surface area contributed by atoms with E-state index in [9.17, 15) is 9.59 Å². The van der Waals surface area contributed by atoms with Crippen molar-refractivity contribution in [1.29, 1.82) is 0 Å². The highest BCUT2D eigenvalue weighted by Crippen LogP contribution is 2.11. The lowest BCUT2D eigenvalue weighted by atomic mass is 10.0. The van der Waals surface area contributed by atoms with Crippen LogP contribution in [-0.4, -0.2) is 23.0 Å². The number of hydrogen-bond acceptors (Lipinski definition) is 2. The SMILES string of the molecule is C=CCC(NC(=O)c1ccc(C)cc1C)C(=O)O. The summed E-state index contributed by atoms with van der Waals surface area (Å²) in [4.78, 5) is 22.9. The van der Waals surface area contributed by atoms with Crippen LogP contribution in [0, 0.1) is 13.8 Å². The predicted molar refractivity (Wildman–Crippen MR) is 69.6 cm³/mol. The van der Waals surface area contributed by atoms with Crippen LogP contribution in [0.25, 0.3) is 0 Å². The Morgan fingerprint density at radius 1 is 1.44 bits per heavy atom. The summed E-state index contributed by atoms with van der Waals surface area (Å²) >= 11 is 0. The molecule has 0 spiro atoms. The van der Waals surface area contributed by atoms with Crippen LogP contribution in [-0.2, 0) is 4.79 Å². The van der Waals surface area contributed by atoms with Gasteiger partial charge in [-0.2, -0.15) is 0 Å². The normalized spacial score (nSPS) is 11.7.